The second-order valence-electron chi connectivity index (χ2n) is 6.10. The summed E-state index contributed by atoms with van der Waals surface area (Å²) >= 11 is 11.8. The monoisotopic (exact) mass is 393 g/mol. The number of hydrogen-bond donors (Lipinski definition) is 2. The van der Waals surface area contributed by atoms with E-state index in [0.717, 1.165) is 13.0 Å². The summed E-state index contributed by atoms with van der Waals surface area (Å²) in [6.07, 6.45) is 0.876. The minimum absolute atomic E-state index is 0.155. The van der Waals surface area contributed by atoms with Crippen LogP contribution in [-0.4, -0.2) is 43.9 Å². The Hall–Kier alpha value is -2.08. The van der Waals surface area contributed by atoms with Crippen molar-refractivity contribution in [3.8, 4) is 0 Å². The molecule has 0 aliphatic rings. The van der Waals surface area contributed by atoms with E-state index in [1.165, 1.54) is 0 Å². The van der Waals surface area contributed by atoms with Gasteiger partial charge in [-0.3, -0.25) is 9.59 Å². The SMILES string of the molecule is CN(C)CCCNC(=O)c1ccc(C(=O)Nc2cc(Cl)cc(Cl)c2)cc1. The Morgan fingerprint density at radius 3 is 2.00 bits per heavy atom. The van der Waals surface area contributed by atoms with Gasteiger partial charge in [-0.1, -0.05) is 23.2 Å². The largest absolute Gasteiger partial charge is 0.352 e. The van der Waals surface area contributed by atoms with Crippen LogP contribution in [0.4, 0.5) is 5.69 Å². The molecular weight excluding hydrogens is 373 g/mol. The molecule has 0 bridgehead atoms. The molecule has 138 valence electrons. The maximum absolute atomic E-state index is 12.3. The van der Waals surface area contributed by atoms with E-state index in [1.807, 2.05) is 14.1 Å². The van der Waals surface area contributed by atoms with Crippen LogP contribution >= 0.6 is 23.2 Å². The van der Waals surface area contributed by atoms with Gasteiger partial charge in [0.1, 0.15) is 0 Å². The van der Waals surface area contributed by atoms with E-state index in [0.29, 0.717) is 33.4 Å². The molecule has 0 aliphatic heterocycles. The van der Waals surface area contributed by atoms with Crippen molar-refractivity contribution < 1.29 is 9.59 Å². The Labute approximate surface area is 163 Å². The number of hydrogen-bond acceptors (Lipinski definition) is 3. The molecule has 0 atom stereocenters. The number of nitrogens with zero attached hydrogens (tertiary/aromatic N) is 1. The van der Waals surface area contributed by atoms with Gasteiger partial charge in [-0.05, 0) is 69.5 Å². The Morgan fingerprint density at radius 1 is 0.923 bits per heavy atom. The summed E-state index contributed by atoms with van der Waals surface area (Å²) < 4.78 is 0. The van der Waals surface area contributed by atoms with E-state index in [9.17, 15) is 9.59 Å². The van der Waals surface area contributed by atoms with Crippen molar-refractivity contribution in [2.24, 2.45) is 0 Å². The van der Waals surface area contributed by atoms with Crippen molar-refractivity contribution in [2.45, 2.75) is 6.42 Å². The summed E-state index contributed by atoms with van der Waals surface area (Å²) in [5, 5.41) is 6.47. The van der Waals surface area contributed by atoms with E-state index in [2.05, 4.69) is 15.5 Å². The zero-order valence-electron chi connectivity index (χ0n) is 14.7. The molecule has 0 aromatic heterocycles. The van der Waals surface area contributed by atoms with Crippen molar-refractivity contribution in [3.63, 3.8) is 0 Å². The third kappa shape index (κ3) is 6.33. The van der Waals surface area contributed by atoms with Gasteiger partial charge in [-0.15, -0.1) is 0 Å². The standard InChI is InChI=1S/C19H21Cl2N3O2/c1-24(2)9-3-8-22-18(25)13-4-6-14(7-5-13)19(26)23-17-11-15(20)10-16(21)12-17/h4-7,10-12H,3,8-9H2,1-2H3,(H,22,25)(H,23,26). The molecule has 2 amide bonds. The predicted molar refractivity (Wildman–Crippen MR) is 106 cm³/mol. The molecule has 0 saturated carbocycles. The first-order valence-corrected chi connectivity index (χ1v) is 8.91. The van der Waals surface area contributed by atoms with Crippen LogP contribution in [0.25, 0.3) is 0 Å². The number of anilines is 1. The molecule has 0 radical (unpaired) electrons. The van der Waals surface area contributed by atoms with Gasteiger partial charge in [0, 0.05) is 33.4 Å². The van der Waals surface area contributed by atoms with Gasteiger partial charge < -0.3 is 15.5 Å². The first-order valence-electron chi connectivity index (χ1n) is 8.15. The molecule has 5 nitrogen and oxygen atoms in total. The molecule has 7 heteroatoms. The molecule has 2 rings (SSSR count). The predicted octanol–water partition coefficient (Wildman–Crippen LogP) is 3.93. The van der Waals surface area contributed by atoms with Crippen molar-refractivity contribution in [1.82, 2.24) is 10.2 Å². The van der Waals surface area contributed by atoms with Gasteiger partial charge in [0.2, 0.25) is 0 Å². The summed E-state index contributed by atoms with van der Waals surface area (Å²) in [5.41, 5.74) is 1.46. The van der Waals surface area contributed by atoms with Crippen LogP contribution in [0.1, 0.15) is 27.1 Å². The zero-order valence-corrected chi connectivity index (χ0v) is 16.2. The lowest BCUT2D eigenvalue weighted by atomic mass is 10.1. The topological polar surface area (TPSA) is 61.4 Å². The lowest BCUT2D eigenvalue weighted by Crippen LogP contribution is -2.27. The second kappa shape index (κ2) is 9.57. The van der Waals surface area contributed by atoms with E-state index in [1.54, 1.807) is 42.5 Å². The maximum atomic E-state index is 12.3. The average Bonchev–Trinajstić information content (AvgIpc) is 2.57. The van der Waals surface area contributed by atoms with Crippen LogP contribution in [0, 0.1) is 0 Å². The second-order valence-corrected chi connectivity index (χ2v) is 6.98. The van der Waals surface area contributed by atoms with Crippen molar-refractivity contribution in [3.05, 3.63) is 63.6 Å². The van der Waals surface area contributed by atoms with Crippen molar-refractivity contribution in [2.75, 3.05) is 32.5 Å². The Kier molecular flexibility index (Phi) is 7.45. The fourth-order valence-corrected chi connectivity index (χ4v) is 2.83. The normalized spacial score (nSPS) is 10.7. The Morgan fingerprint density at radius 2 is 1.46 bits per heavy atom. The minimum Gasteiger partial charge on any atom is -0.352 e. The van der Waals surface area contributed by atoms with E-state index in [-0.39, 0.29) is 11.8 Å². The highest BCUT2D eigenvalue weighted by atomic mass is 35.5. The summed E-state index contributed by atoms with van der Waals surface area (Å²) in [5.74, 6) is -0.460. The van der Waals surface area contributed by atoms with Crippen molar-refractivity contribution >= 4 is 40.7 Å². The smallest absolute Gasteiger partial charge is 0.255 e. The highest BCUT2D eigenvalue weighted by molar-refractivity contribution is 6.35. The van der Waals surface area contributed by atoms with E-state index < -0.39 is 0 Å². The van der Waals surface area contributed by atoms with Crippen LogP contribution in [0.5, 0.6) is 0 Å². The van der Waals surface area contributed by atoms with Gasteiger partial charge in [-0.2, -0.15) is 0 Å². The molecule has 2 aromatic rings. The lowest BCUT2D eigenvalue weighted by molar-refractivity contribution is 0.0950. The molecule has 0 aliphatic carbocycles. The summed E-state index contributed by atoms with van der Waals surface area (Å²) in [7, 11) is 3.98. The van der Waals surface area contributed by atoms with Gasteiger partial charge in [-0.25, -0.2) is 0 Å². The first-order chi connectivity index (χ1) is 12.3. The Bertz CT molecular complexity index is 757. The van der Waals surface area contributed by atoms with Gasteiger partial charge in [0.25, 0.3) is 11.8 Å². The number of rotatable bonds is 7. The van der Waals surface area contributed by atoms with Crippen LogP contribution in [-0.2, 0) is 0 Å². The molecule has 2 N–H and O–H groups in total. The summed E-state index contributed by atoms with van der Waals surface area (Å²) in [6, 6.07) is 11.3. The molecule has 2 aromatic carbocycles. The number of carbonyl (C=O) groups excluding carboxylic acids is 2. The molecule has 0 saturated heterocycles. The molecule has 0 spiro atoms. The summed E-state index contributed by atoms with van der Waals surface area (Å²) in [6.45, 7) is 1.52. The van der Waals surface area contributed by atoms with Crippen LogP contribution in [0.15, 0.2) is 42.5 Å². The third-order valence-electron chi connectivity index (χ3n) is 3.60. The van der Waals surface area contributed by atoms with Crippen LogP contribution in [0.2, 0.25) is 10.0 Å². The highest BCUT2D eigenvalue weighted by Crippen LogP contribution is 2.23. The zero-order chi connectivity index (χ0) is 19.1. The quantitative estimate of drug-likeness (QED) is 0.700. The third-order valence-corrected chi connectivity index (χ3v) is 4.03. The van der Waals surface area contributed by atoms with Crippen molar-refractivity contribution in [1.29, 1.82) is 0 Å². The highest BCUT2D eigenvalue weighted by Gasteiger charge is 2.10. The summed E-state index contributed by atoms with van der Waals surface area (Å²) in [4.78, 5) is 26.4. The maximum Gasteiger partial charge on any atom is 0.255 e. The van der Waals surface area contributed by atoms with E-state index in [4.69, 9.17) is 23.2 Å². The molecule has 26 heavy (non-hydrogen) atoms. The molecular formula is C19H21Cl2N3O2. The van der Waals surface area contributed by atoms with E-state index >= 15 is 0 Å². The van der Waals surface area contributed by atoms with Gasteiger partial charge >= 0.3 is 0 Å². The molecule has 0 unspecified atom stereocenters. The molecule has 0 fully saturated rings. The van der Waals surface area contributed by atoms with Gasteiger partial charge in [0.05, 0.1) is 0 Å². The van der Waals surface area contributed by atoms with Crippen LogP contribution in [0.3, 0.4) is 0 Å². The minimum atomic E-state index is -0.304. The number of halogens is 2. The first kappa shape index (κ1) is 20.2. The fraction of sp³-hybridized carbons (Fsp3) is 0.263. The van der Waals surface area contributed by atoms with Gasteiger partial charge in [0.15, 0.2) is 0 Å². The molecule has 0 heterocycles. The Balaban J connectivity index is 1.93. The number of carbonyl (C=O) groups is 2. The average molecular weight is 394 g/mol. The lowest BCUT2D eigenvalue weighted by Gasteiger charge is -2.10. The number of benzene rings is 2. The fourth-order valence-electron chi connectivity index (χ4n) is 2.30. The number of amides is 2. The number of nitrogens with one attached hydrogen (secondary N) is 2. The van der Waals surface area contributed by atoms with Crippen LogP contribution < -0.4 is 10.6 Å².